The third-order valence-electron chi connectivity index (χ3n) is 2.73. The van der Waals surface area contributed by atoms with Crippen LogP contribution < -0.4 is 5.32 Å². The van der Waals surface area contributed by atoms with Crippen molar-refractivity contribution in [1.82, 2.24) is 0 Å². The van der Waals surface area contributed by atoms with Crippen molar-refractivity contribution in [3.63, 3.8) is 0 Å². The van der Waals surface area contributed by atoms with Gasteiger partial charge in [0.25, 0.3) is 5.69 Å². The number of aliphatic hydroxyl groups excluding tert-OH is 1. The maximum Gasteiger partial charge on any atom is 0.423 e. The second-order valence-electron chi connectivity index (χ2n) is 4.30. The molecule has 0 spiro atoms. The fraction of sp³-hybridized carbons (Fsp3) is 0.500. The molecule has 0 fully saturated rings. The van der Waals surface area contributed by atoms with E-state index in [0.29, 0.717) is 12.5 Å². The maximum absolute atomic E-state index is 12.8. The summed E-state index contributed by atoms with van der Waals surface area (Å²) in [6.07, 6.45) is -3.48. The van der Waals surface area contributed by atoms with Crippen LogP contribution in [0, 0.1) is 10.1 Å². The second kappa shape index (κ2) is 6.56. The van der Waals surface area contributed by atoms with Crippen LogP contribution in [0.15, 0.2) is 18.2 Å². The highest BCUT2D eigenvalue weighted by atomic mass is 19.4. The van der Waals surface area contributed by atoms with Crippen molar-refractivity contribution in [3.05, 3.63) is 33.9 Å². The Morgan fingerprint density at radius 3 is 2.55 bits per heavy atom. The number of aliphatic hydroxyl groups is 1. The van der Waals surface area contributed by atoms with Gasteiger partial charge < -0.3 is 10.4 Å². The van der Waals surface area contributed by atoms with Crippen molar-refractivity contribution >= 4 is 11.4 Å². The van der Waals surface area contributed by atoms with Crippen LogP contribution >= 0.6 is 0 Å². The Labute approximate surface area is 113 Å². The molecule has 8 heteroatoms. The van der Waals surface area contributed by atoms with Gasteiger partial charge in [-0.15, -0.1) is 0 Å². The summed E-state index contributed by atoms with van der Waals surface area (Å²) in [7, 11) is 0. The van der Waals surface area contributed by atoms with E-state index in [1.165, 1.54) is 6.07 Å². The predicted molar refractivity (Wildman–Crippen MR) is 67.5 cm³/mol. The molecule has 0 saturated carbocycles. The largest absolute Gasteiger partial charge is 0.423 e. The van der Waals surface area contributed by atoms with E-state index < -0.39 is 22.4 Å². The molecule has 2 N–H and O–H groups in total. The van der Waals surface area contributed by atoms with Crippen LogP contribution in [0.3, 0.4) is 0 Å². The summed E-state index contributed by atoms with van der Waals surface area (Å²) in [5, 5.41) is 22.4. The molecule has 1 unspecified atom stereocenters. The topological polar surface area (TPSA) is 75.4 Å². The van der Waals surface area contributed by atoms with Crippen LogP contribution in [0.2, 0.25) is 0 Å². The first-order valence-corrected chi connectivity index (χ1v) is 6.02. The summed E-state index contributed by atoms with van der Waals surface area (Å²) in [4.78, 5) is 9.54. The van der Waals surface area contributed by atoms with E-state index >= 15 is 0 Å². The van der Waals surface area contributed by atoms with Crippen LogP contribution in [0.4, 0.5) is 24.5 Å². The van der Waals surface area contributed by atoms with E-state index in [-0.39, 0.29) is 18.3 Å². The second-order valence-corrected chi connectivity index (χ2v) is 4.30. The molecule has 1 aromatic rings. The van der Waals surface area contributed by atoms with Gasteiger partial charge >= 0.3 is 6.18 Å². The molecule has 0 radical (unpaired) electrons. The van der Waals surface area contributed by atoms with Crippen LogP contribution in [0.25, 0.3) is 0 Å². The average molecular weight is 292 g/mol. The van der Waals surface area contributed by atoms with Crippen molar-refractivity contribution in [1.29, 1.82) is 0 Å². The lowest BCUT2D eigenvalue weighted by molar-refractivity contribution is -0.388. The number of hydrogen-bond acceptors (Lipinski definition) is 4. The lowest BCUT2D eigenvalue weighted by atomic mass is 10.1. The van der Waals surface area contributed by atoms with E-state index in [2.05, 4.69) is 5.32 Å². The number of nitro benzene ring substituents is 1. The molecule has 5 nitrogen and oxygen atoms in total. The number of halogens is 3. The van der Waals surface area contributed by atoms with E-state index in [4.69, 9.17) is 5.11 Å². The van der Waals surface area contributed by atoms with E-state index in [1.54, 1.807) is 0 Å². The Bertz CT molecular complexity index is 478. The first-order chi connectivity index (χ1) is 9.29. The van der Waals surface area contributed by atoms with Gasteiger partial charge in [0.15, 0.2) is 0 Å². The highest BCUT2D eigenvalue weighted by molar-refractivity contribution is 5.55. The predicted octanol–water partition coefficient (Wildman–Crippen LogP) is 3.19. The molecule has 0 aliphatic heterocycles. The summed E-state index contributed by atoms with van der Waals surface area (Å²) in [6.45, 7) is 1.65. The Morgan fingerprint density at radius 1 is 1.45 bits per heavy atom. The van der Waals surface area contributed by atoms with Gasteiger partial charge in [0.2, 0.25) is 0 Å². The fourth-order valence-corrected chi connectivity index (χ4v) is 1.81. The Kier molecular flexibility index (Phi) is 5.32. The molecule has 1 atom stereocenters. The van der Waals surface area contributed by atoms with Crippen molar-refractivity contribution in [2.45, 2.75) is 32.0 Å². The van der Waals surface area contributed by atoms with Gasteiger partial charge in [-0.05, 0) is 18.6 Å². The van der Waals surface area contributed by atoms with Crippen molar-refractivity contribution < 1.29 is 23.2 Å². The minimum Gasteiger partial charge on any atom is -0.394 e. The van der Waals surface area contributed by atoms with Gasteiger partial charge in [-0.2, -0.15) is 13.2 Å². The van der Waals surface area contributed by atoms with Crippen molar-refractivity contribution in [2.75, 3.05) is 11.9 Å². The fourth-order valence-electron chi connectivity index (χ4n) is 1.81. The zero-order valence-electron chi connectivity index (χ0n) is 10.8. The summed E-state index contributed by atoms with van der Waals surface area (Å²) in [5.74, 6) is 0. The van der Waals surface area contributed by atoms with Crippen LogP contribution in [0.1, 0.15) is 25.3 Å². The van der Waals surface area contributed by atoms with Gasteiger partial charge in [-0.25, -0.2) is 0 Å². The number of nitro groups is 1. The third-order valence-corrected chi connectivity index (χ3v) is 2.73. The van der Waals surface area contributed by atoms with Crippen LogP contribution in [-0.4, -0.2) is 22.7 Å². The first-order valence-electron chi connectivity index (χ1n) is 6.02. The van der Waals surface area contributed by atoms with Crippen LogP contribution in [-0.2, 0) is 6.18 Å². The lowest BCUT2D eigenvalue weighted by Crippen LogP contribution is -2.23. The summed E-state index contributed by atoms with van der Waals surface area (Å²) < 4.78 is 38.3. The van der Waals surface area contributed by atoms with E-state index in [1.807, 2.05) is 6.92 Å². The first kappa shape index (κ1) is 16.2. The highest BCUT2D eigenvalue weighted by Gasteiger charge is 2.38. The van der Waals surface area contributed by atoms with Crippen molar-refractivity contribution in [3.8, 4) is 0 Å². The molecule has 0 amide bonds. The molecule has 112 valence electrons. The molecule has 0 aliphatic rings. The Balaban J connectivity index is 3.10. The smallest absolute Gasteiger partial charge is 0.394 e. The maximum atomic E-state index is 12.8. The van der Waals surface area contributed by atoms with E-state index in [0.717, 1.165) is 12.5 Å². The summed E-state index contributed by atoms with van der Waals surface area (Å²) in [6, 6.07) is 2.32. The number of alkyl halides is 3. The number of hydrogen-bond donors (Lipinski definition) is 2. The molecule has 0 bridgehead atoms. The SMILES string of the molecule is CCCC(CO)Nc1ccc([N+](=O)[O-])c(C(F)(F)F)c1. The lowest BCUT2D eigenvalue weighted by Gasteiger charge is -2.18. The van der Waals surface area contributed by atoms with Gasteiger partial charge in [0.1, 0.15) is 5.56 Å². The molecule has 0 saturated heterocycles. The number of nitrogens with one attached hydrogen (secondary N) is 1. The standard InChI is InChI=1S/C12H15F3N2O3/c1-2-3-9(7-18)16-8-4-5-11(17(19)20)10(6-8)12(13,14)15/h4-6,9,16,18H,2-3,7H2,1H3. The minimum atomic E-state index is -4.81. The molecule has 0 aliphatic carbocycles. The average Bonchev–Trinajstić information content (AvgIpc) is 2.36. The Morgan fingerprint density at radius 2 is 2.10 bits per heavy atom. The molecule has 1 rings (SSSR count). The zero-order valence-corrected chi connectivity index (χ0v) is 10.8. The van der Waals surface area contributed by atoms with Gasteiger partial charge in [-0.3, -0.25) is 10.1 Å². The van der Waals surface area contributed by atoms with Gasteiger partial charge in [-0.1, -0.05) is 13.3 Å². The van der Waals surface area contributed by atoms with Gasteiger partial charge in [0.05, 0.1) is 11.5 Å². The van der Waals surface area contributed by atoms with E-state index in [9.17, 15) is 23.3 Å². The zero-order chi connectivity index (χ0) is 15.3. The Hall–Kier alpha value is -1.83. The number of rotatable bonds is 6. The summed E-state index contributed by atoms with van der Waals surface area (Å²) in [5.41, 5.74) is -2.20. The molecular formula is C12H15F3N2O3. The molecule has 0 heterocycles. The third kappa shape index (κ3) is 4.09. The molecule has 20 heavy (non-hydrogen) atoms. The quantitative estimate of drug-likeness (QED) is 0.623. The number of anilines is 1. The highest BCUT2D eigenvalue weighted by Crippen LogP contribution is 2.37. The number of nitrogens with zero attached hydrogens (tertiary/aromatic N) is 1. The van der Waals surface area contributed by atoms with Crippen LogP contribution in [0.5, 0.6) is 0 Å². The summed E-state index contributed by atoms with van der Waals surface area (Å²) >= 11 is 0. The monoisotopic (exact) mass is 292 g/mol. The minimum absolute atomic E-state index is 0.0930. The van der Waals surface area contributed by atoms with Crippen molar-refractivity contribution in [2.24, 2.45) is 0 Å². The van der Waals surface area contributed by atoms with Gasteiger partial charge in [0, 0.05) is 17.8 Å². The normalized spacial score (nSPS) is 13.1. The molecular weight excluding hydrogens is 277 g/mol. The molecule has 0 aromatic heterocycles. The molecule has 1 aromatic carbocycles. The number of benzene rings is 1.